The average molecular weight is 270 g/mol. The van der Waals surface area contributed by atoms with Gasteiger partial charge in [-0.15, -0.1) is 0 Å². The quantitative estimate of drug-likeness (QED) is 0.921. The highest BCUT2D eigenvalue weighted by Crippen LogP contribution is 2.14. The highest BCUT2D eigenvalue weighted by Gasteiger charge is 2.16. The van der Waals surface area contributed by atoms with Gasteiger partial charge in [-0.3, -0.25) is 9.69 Å². The van der Waals surface area contributed by atoms with E-state index < -0.39 is 0 Å². The van der Waals surface area contributed by atoms with Crippen LogP contribution in [0.5, 0.6) is 5.75 Å². The maximum atomic E-state index is 11.5. The first kappa shape index (κ1) is 12.9. The molecule has 4 heteroatoms. The van der Waals surface area contributed by atoms with Crippen LogP contribution in [0.25, 0.3) is 0 Å². The van der Waals surface area contributed by atoms with Crippen molar-refractivity contribution in [2.75, 3.05) is 13.1 Å². The molecule has 1 N–H and O–H groups in total. The van der Waals surface area contributed by atoms with E-state index >= 15 is 0 Å². The zero-order valence-corrected chi connectivity index (χ0v) is 11.3. The molecule has 2 heterocycles. The molecule has 0 radical (unpaired) electrons. The molecule has 0 saturated heterocycles. The Labute approximate surface area is 117 Å². The van der Waals surface area contributed by atoms with Crippen molar-refractivity contribution in [2.45, 2.75) is 19.5 Å². The number of benzene rings is 1. The van der Waals surface area contributed by atoms with Gasteiger partial charge in [0.05, 0.1) is 6.20 Å². The summed E-state index contributed by atoms with van der Waals surface area (Å²) < 4.78 is 1.97. The molecular weight excluding hydrogens is 252 g/mol. The topological polar surface area (TPSA) is 45.5 Å². The van der Waals surface area contributed by atoms with Crippen molar-refractivity contribution in [2.24, 2.45) is 0 Å². The van der Waals surface area contributed by atoms with Crippen molar-refractivity contribution >= 4 is 0 Å². The van der Waals surface area contributed by atoms with Gasteiger partial charge in [-0.05, 0) is 12.0 Å². The first-order valence-electron chi connectivity index (χ1n) is 6.91. The summed E-state index contributed by atoms with van der Waals surface area (Å²) in [4.78, 5) is 13.8. The Morgan fingerprint density at radius 3 is 2.75 bits per heavy atom. The molecule has 0 spiro atoms. The molecule has 1 aliphatic rings. The Morgan fingerprint density at radius 2 is 1.95 bits per heavy atom. The van der Waals surface area contributed by atoms with Gasteiger partial charge >= 0.3 is 0 Å². The first-order chi connectivity index (χ1) is 9.72. The number of nitrogens with zero attached hydrogens (tertiary/aromatic N) is 2. The van der Waals surface area contributed by atoms with Gasteiger partial charge in [-0.1, -0.05) is 30.3 Å². The van der Waals surface area contributed by atoms with Gasteiger partial charge in [0.1, 0.15) is 0 Å². The molecule has 1 aromatic carbocycles. The summed E-state index contributed by atoms with van der Waals surface area (Å²) in [6, 6.07) is 12.0. The number of fused-ring (bicyclic) bond motifs is 1. The lowest BCUT2D eigenvalue weighted by Crippen LogP contribution is -2.36. The van der Waals surface area contributed by atoms with Crippen molar-refractivity contribution in [1.82, 2.24) is 9.47 Å². The predicted octanol–water partition coefficient (Wildman–Crippen LogP) is 1.61. The van der Waals surface area contributed by atoms with Gasteiger partial charge in [0.25, 0.3) is 0 Å². The van der Waals surface area contributed by atoms with Crippen molar-refractivity contribution < 1.29 is 5.11 Å². The molecule has 0 bridgehead atoms. The molecule has 0 amide bonds. The molecule has 0 saturated carbocycles. The third-order valence-corrected chi connectivity index (χ3v) is 3.80. The molecule has 3 rings (SSSR count). The first-order valence-corrected chi connectivity index (χ1v) is 6.91. The number of aromatic nitrogens is 1. The summed E-state index contributed by atoms with van der Waals surface area (Å²) in [6.45, 7) is 3.52. The predicted molar refractivity (Wildman–Crippen MR) is 77.8 cm³/mol. The Kier molecular flexibility index (Phi) is 3.56. The fourth-order valence-electron chi connectivity index (χ4n) is 2.63. The summed E-state index contributed by atoms with van der Waals surface area (Å²) in [6.07, 6.45) is 2.56. The molecule has 4 nitrogen and oxygen atoms in total. The molecule has 2 aromatic rings. The molecule has 1 aliphatic heterocycles. The van der Waals surface area contributed by atoms with Crippen molar-refractivity contribution in [3.8, 4) is 5.75 Å². The smallest absolute Gasteiger partial charge is 0.223 e. The van der Waals surface area contributed by atoms with Crippen LogP contribution >= 0.6 is 0 Å². The zero-order valence-electron chi connectivity index (χ0n) is 11.3. The Hall–Kier alpha value is -2.07. The molecule has 0 aliphatic carbocycles. The van der Waals surface area contributed by atoms with Crippen LogP contribution in [0.1, 0.15) is 11.3 Å². The summed E-state index contributed by atoms with van der Waals surface area (Å²) in [5.41, 5.74) is 2.02. The Balaban J connectivity index is 1.67. The van der Waals surface area contributed by atoms with E-state index in [2.05, 4.69) is 29.2 Å². The van der Waals surface area contributed by atoms with Crippen LogP contribution in [0.3, 0.4) is 0 Å². The number of pyridine rings is 1. The Morgan fingerprint density at radius 1 is 1.15 bits per heavy atom. The molecule has 0 fully saturated rings. The highest BCUT2D eigenvalue weighted by atomic mass is 16.3. The summed E-state index contributed by atoms with van der Waals surface area (Å²) >= 11 is 0. The number of rotatable bonds is 3. The standard InChI is InChI=1S/C16H18N2O2/c19-15-10-14-11-17(8-9-18(14)12-16(15)20)7-6-13-4-2-1-3-5-13/h1-5,10,12,20H,6-9,11H2. The number of hydrogen-bond acceptors (Lipinski definition) is 3. The minimum absolute atomic E-state index is 0.161. The van der Waals surface area contributed by atoms with E-state index in [1.165, 1.54) is 5.56 Å². The minimum Gasteiger partial charge on any atom is -0.503 e. The lowest BCUT2D eigenvalue weighted by Gasteiger charge is -2.30. The third-order valence-electron chi connectivity index (χ3n) is 3.80. The van der Waals surface area contributed by atoms with Crippen molar-refractivity contribution in [3.63, 3.8) is 0 Å². The largest absolute Gasteiger partial charge is 0.503 e. The van der Waals surface area contributed by atoms with Crippen LogP contribution in [0.2, 0.25) is 0 Å². The maximum absolute atomic E-state index is 11.5. The maximum Gasteiger partial charge on any atom is 0.223 e. The van der Waals surface area contributed by atoms with Gasteiger partial charge < -0.3 is 9.67 Å². The van der Waals surface area contributed by atoms with Gasteiger partial charge in [-0.2, -0.15) is 0 Å². The van der Waals surface area contributed by atoms with E-state index in [-0.39, 0.29) is 11.2 Å². The van der Waals surface area contributed by atoms with E-state index in [0.29, 0.717) is 0 Å². The van der Waals surface area contributed by atoms with Crippen LogP contribution < -0.4 is 5.43 Å². The second-order valence-corrected chi connectivity index (χ2v) is 5.22. The molecule has 20 heavy (non-hydrogen) atoms. The second-order valence-electron chi connectivity index (χ2n) is 5.22. The van der Waals surface area contributed by atoms with Gasteiger partial charge in [0, 0.05) is 37.9 Å². The van der Waals surface area contributed by atoms with Crippen LogP contribution in [-0.4, -0.2) is 27.7 Å². The number of aromatic hydroxyl groups is 1. The van der Waals surface area contributed by atoms with Gasteiger partial charge in [0.2, 0.25) is 5.43 Å². The molecule has 0 unspecified atom stereocenters. The van der Waals surface area contributed by atoms with Crippen LogP contribution in [0.4, 0.5) is 0 Å². The van der Waals surface area contributed by atoms with E-state index in [0.717, 1.165) is 38.3 Å². The van der Waals surface area contributed by atoms with Crippen molar-refractivity contribution in [3.05, 3.63) is 64.1 Å². The van der Waals surface area contributed by atoms with Gasteiger partial charge in [0.15, 0.2) is 5.75 Å². The highest BCUT2D eigenvalue weighted by molar-refractivity contribution is 5.21. The third kappa shape index (κ3) is 2.75. The van der Waals surface area contributed by atoms with E-state index in [1.807, 2.05) is 10.6 Å². The van der Waals surface area contributed by atoms with E-state index in [1.54, 1.807) is 12.3 Å². The normalized spacial score (nSPS) is 15.0. The summed E-state index contributed by atoms with van der Waals surface area (Å²) in [5, 5.41) is 9.45. The molecule has 0 atom stereocenters. The molecular formula is C16H18N2O2. The number of hydrogen-bond donors (Lipinski definition) is 1. The molecule has 104 valence electrons. The lowest BCUT2D eigenvalue weighted by atomic mass is 10.1. The second kappa shape index (κ2) is 5.51. The fraction of sp³-hybridized carbons (Fsp3) is 0.312. The summed E-state index contributed by atoms with van der Waals surface area (Å²) in [7, 11) is 0. The zero-order chi connectivity index (χ0) is 13.9. The van der Waals surface area contributed by atoms with E-state index in [4.69, 9.17) is 0 Å². The van der Waals surface area contributed by atoms with E-state index in [9.17, 15) is 9.90 Å². The Bertz CT molecular complexity index is 649. The minimum atomic E-state index is -0.291. The SMILES string of the molecule is O=c1cc2n(cc1O)CCN(CCc1ccccc1)C2. The lowest BCUT2D eigenvalue weighted by molar-refractivity contribution is 0.220. The average Bonchev–Trinajstić information content (AvgIpc) is 2.47. The summed E-state index contributed by atoms with van der Waals surface area (Å²) in [5.74, 6) is -0.161. The monoisotopic (exact) mass is 270 g/mol. The van der Waals surface area contributed by atoms with Crippen LogP contribution in [0.15, 0.2) is 47.4 Å². The van der Waals surface area contributed by atoms with Crippen LogP contribution in [-0.2, 0) is 19.5 Å². The van der Waals surface area contributed by atoms with Crippen LogP contribution in [0, 0.1) is 0 Å². The molecule has 1 aromatic heterocycles. The van der Waals surface area contributed by atoms with Gasteiger partial charge in [-0.25, -0.2) is 0 Å². The van der Waals surface area contributed by atoms with Crippen molar-refractivity contribution in [1.29, 1.82) is 0 Å². The fourth-order valence-corrected chi connectivity index (χ4v) is 2.63.